The van der Waals surface area contributed by atoms with Crippen molar-refractivity contribution in [3.63, 3.8) is 0 Å². The summed E-state index contributed by atoms with van der Waals surface area (Å²) in [7, 11) is 0. The summed E-state index contributed by atoms with van der Waals surface area (Å²) in [5.74, 6) is 0.995. The number of hydrogen-bond donors (Lipinski definition) is 1. The van der Waals surface area contributed by atoms with Crippen LogP contribution in [0, 0.1) is 5.82 Å². The van der Waals surface area contributed by atoms with Gasteiger partial charge in [-0.3, -0.25) is 5.32 Å². The minimum atomic E-state index is -0.245. The Hall–Kier alpha value is -2.53. The van der Waals surface area contributed by atoms with Crippen LogP contribution < -0.4 is 5.32 Å². The van der Waals surface area contributed by atoms with Crippen molar-refractivity contribution >= 4 is 0 Å². The molecule has 0 amide bonds. The topological polar surface area (TPSA) is 51.0 Å². The normalized spacial score (nSPS) is 12.3. The van der Waals surface area contributed by atoms with Gasteiger partial charge < -0.3 is 4.52 Å². The van der Waals surface area contributed by atoms with Crippen LogP contribution in [0.15, 0.2) is 59.1 Å². The molecule has 0 aliphatic carbocycles. The molecule has 23 heavy (non-hydrogen) atoms. The lowest BCUT2D eigenvalue weighted by atomic mass is 9.98. The quantitative estimate of drug-likeness (QED) is 0.755. The Morgan fingerprint density at radius 2 is 1.74 bits per heavy atom. The second-order valence-corrected chi connectivity index (χ2v) is 5.23. The molecule has 1 heterocycles. The standard InChI is InChI=1S/C18H18FN3O/c1-2-16-21-17(23-22-16)12-20-18(13-6-4-3-5-7-13)14-8-10-15(19)11-9-14/h3-11,18,20H,2,12H2,1H3. The lowest BCUT2D eigenvalue weighted by Gasteiger charge is -2.19. The number of benzene rings is 2. The van der Waals surface area contributed by atoms with Crippen LogP contribution >= 0.6 is 0 Å². The van der Waals surface area contributed by atoms with Gasteiger partial charge in [0.05, 0.1) is 12.6 Å². The van der Waals surface area contributed by atoms with E-state index in [4.69, 9.17) is 4.52 Å². The van der Waals surface area contributed by atoms with E-state index in [0.717, 1.165) is 17.5 Å². The van der Waals surface area contributed by atoms with Gasteiger partial charge in [0.1, 0.15) is 5.82 Å². The minimum Gasteiger partial charge on any atom is -0.338 e. The fourth-order valence-electron chi connectivity index (χ4n) is 2.42. The van der Waals surface area contributed by atoms with Crippen LogP contribution in [0.1, 0.15) is 35.8 Å². The molecule has 0 spiro atoms. The molecular formula is C18H18FN3O. The van der Waals surface area contributed by atoms with Crippen molar-refractivity contribution in [3.8, 4) is 0 Å². The van der Waals surface area contributed by atoms with E-state index in [1.807, 2.05) is 37.3 Å². The zero-order chi connectivity index (χ0) is 16.1. The van der Waals surface area contributed by atoms with E-state index in [-0.39, 0.29) is 11.9 Å². The molecule has 4 nitrogen and oxygen atoms in total. The number of halogens is 1. The molecule has 3 aromatic rings. The van der Waals surface area contributed by atoms with E-state index < -0.39 is 0 Å². The Balaban J connectivity index is 1.81. The van der Waals surface area contributed by atoms with Gasteiger partial charge in [0, 0.05) is 6.42 Å². The van der Waals surface area contributed by atoms with Crippen LogP contribution in [-0.2, 0) is 13.0 Å². The van der Waals surface area contributed by atoms with Crippen LogP contribution in [0.5, 0.6) is 0 Å². The van der Waals surface area contributed by atoms with Gasteiger partial charge in [-0.25, -0.2) is 4.39 Å². The number of hydrogen-bond acceptors (Lipinski definition) is 4. The van der Waals surface area contributed by atoms with Crippen molar-refractivity contribution in [1.29, 1.82) is 0 Å². The second-order valence-electron chi connectivity index (χ2n) is 5.23. The number of nitrogens with one attached hydrogen (secondary N) is 1. The van der Waals surface area contributed by atoms with Crippen LogP contribution in [0.3, 0.4) is 0 Å². The summed E-state index contributed by atoms with van der Waals surface area (Å²) in [6.45, 7) is 2.43. The summed E-state index contributed by atoms with van der Waals surface area (Å²) in [5, 5.41) is 7.30. The fourth-order valence-corrected chi connectivity index (χ4v) is 2.42. The first-order valence-electron chi connectivity index (χ1n) is 7.61. The van der Waals surface area contributed by atoms with Gasteiger partial charge >= 0.3 is 0 Å². The average Bonchev–Trinajstić information content (AvgIpc) is 3.06. The van der Waals surface area contributed by atoms with Crippen molar-refractivity contribution in [3.05, 3.63) is 83.3 Å². The zero-order valence-electron chi connectivity index (χ0n) is 12.9. The predicted molar refractivity (Wildman–Crippen MR) is 85.2 cm³/mol. The highest BCUT2D eigenvalue weighted by atomic mass is 19.1. The Morgan fingerprint density at radius 3 is 2.39 bits per heavy atom. The molecule has 1 aromatic heterocycles. The third-order valence-corrected chi connectivity index (χ3v) is 3.62. The molecule has 0 aliphatic rings. The van der Waals surface area contributed by atoms with Crippen LogP contribution in [0.25, 0.3) is 0 Å². The van der Waals surface area contributed by atoms with Crippen LogP contribution in [-0.4, -0.2) is 10.1 Å². The summed E-state index contributed by atoms with van der Waals surface area (Å²) in [6, 6.07) is 16.4. The Morgan fingerprint density at radius 1 is 1.04 bits per heavy atom. The van der Waals surface area contributed by atoms with E-state index in [9.17, 15) is 4.39 Å². The van der Waals surface area contributed by atoms with E-state index >= 15 is 0 Å². The molecule has 3 rings (SSSR count). The first-order chi connectivity index (χ1) is 11.3. The van der Waals surface area contributed by atoms with E-state index in [0.29, 0.717) is 18.3 Å². The number of nitrogens with zero attached hydrogens (tertiary/aromatic N) is 2. The smallest absolute Gasteiger partial charge is 0.240 e. The summed E-state index contributed by atoms with van der Waals surface area (Å²) < 4.78 is 18.4. The maximum atomic E-state index is 13.2. The van der Waals surface area contributed by atoms with Crippen LogP contribution in [0.4, 0.5) is 4.39 Å². The molecule has 0 bridgehead atoms. The Kier molecular flexibility index (Phi) is 4.78. The van der Waals surface area contributed by atoms with Crippen molar-refractivity contribution in [2.45, 2.75) is 25.9 Å². The summed E-state index contributed by atoms with van der Waals surface area (Å²) in [4.78, 5) is 4.30. The molecule has 0 saturated carbocycles. The lowest BCUT2D eigenvalue weighted by Crippen LogP contribution is -2.22. The first kappa shape index (κ1) is 15.4. The van der Waals surface area contributed by atoms with Gasteiger partial charge in [-0.2, -0.15) is 4.98 Å². The number of aromatic nitrogens is 2. The largest absolute Gasteiger partial charge is 0.338 e. The molecule has 5 heteroatoms. The van der Waals surface area contributed by atoms with E-state index in [2.05, 4.69) is 15.5 Å². The highest BCUT2D eigenvalue weighted by Crippen LogP contribution is 2.22. The molecule has 0 fully saturated rings. The molecular weight excluding hydrogens is 293 g/mol. The zero-order valence-corrected chi connectivity index (χ0v) is 12.9. The summed E-state index contributed by atoms with van der Waals surface area (Å²) in [6.07, 6.45) is 0.740. The second kappa shape index (κ2) is 7.15. The molecule has 118 valence electrons. The van der Waals surface area contributed by atoms with Crippen molar-refractivity contribution in [2.75, 3.05) is 0 Å². The molecule has 1 unspecified atom stereocenters. The average molecular weight is 311 g/mol. The van der Waals surface area contributed by atoms with Gasteiger partial charge in [0.25, 0.3) is 0 Å². The molecule has 0 radical (unpaired) electrons. The lowest BCUT2D eigenvalue weighted by molar-refractivity contribution is 0.358. The highest BCUT2D eigenvalue weighted by Gasteiger charge is 2.15. The summed E-state index contributed by atoms with van der Waals surface area (Å²) in [5.41, 5.74) is 2.07. The Labute approximate surface area is 134 Å². The van der Waals surface area contributed by atoms with Crippen molar-refractivity contribution in [1.82, 2.24) is 15.5 Å². The van der Waals surface area contributed by atoms with Crippen LogP contribution in [0.2, 0.25) is 0 Å². The molecule has 1 atom stereocenters. The monoisotopic (exact) mass is 311 g/mol. The fraction of sp³-hybridized carbons (Fsp3) is 0.222. The van der Waals surface area contributed by atoms with Gasteiger partial charge in [0.15, 0.2) is 5.82 Å². The van der Waals surface area contributed by atoms with E-state index in [1.165, 1.54) is 12.1 Å². The maximum Gasteiger partial charge on any atom is 0.240 e. The number of aryl methyl sites for hydroxylation is 1. The SMILES string of the molecule is CCc1noc(CNC(c2ccccc2)c2ccc(F)cc2)n1. The predicted octanol–water partition coefficient (Wildman–Crippen LogP) is 3.65. The first-order valence-corrected chi connectivity index (χ1v) is 7.61. The molecule has 0 aliphatic heterocycles. The van der Waals surface area contributed by atoms with Gasteiger partial charge in [-0.1, -0.05) is 54.5 Å². The minimum absolute atomic E-state index is 0.0752. The number of rotatable bonds is 6. The summed E-state index contributed by atoms with van der Waals surface area (Å²) >= 11 is 0. The molecule has 2 aromatic carbocycles. The third kappa shape index (κ3) is 3.81. The third-order valence-electron chi connectivity index (χ3n) is 3.62. The molecule has 1 N–H and O–H groups in total. The van der Waals surface area contributed by atoms with Gasteiger partial charge in [0.2, 0.25) is 5.89 Å². The van der Waals surface area contributed by atoms with Gasteiger partial charge in [-0.15, -0.1) is 0 Å². The maximum absolute atomic E-state index is 13.2. The van der Waals surface area contributed by atoms with Gasteiger partial charge in [-0.05, 0) is 23.3 Å². The van der Waals surface area contributed by atoms with Crippen molar-refractivity contribution < 1.29 is 8.91 Å². The Bertz CT molecular complexity index is 740. The highest BCUT2D eigenvalue weighted by molar-refractivity contribution is 5.31. The van der Waals surface area contributed by atoms with Crippen molar-refractivity contribution in [2.24, 2.45) is 0 Å². The molecule has 0 saturated heterocycles. The van der Waals surface area contributed by atoms with E-state index in [1.54, 1.807) is 12.1 Å².